The molecule has 0 bridgehead atoms. The molecular weight excluding hydrogens is 520 g/mol. The van der Waals surface area contributed by atoms with Crippen molar-refractivity contribution in [1.29, 1.82) is 0 Å². The Hall–Kier alpha value is -3.62. The van der Waals surface area contributed by atoms with Gasteiger partial charge >= 0.3 is 6.03 Å². The fourth-order valence-electron chi connectivity index (χ4n) is 4.20. The second-order valence-electron chi connectivity index (χ2n) is 9.93. The Morgan fingerprint density at radius 1 is 0.775 bits per heavy atom. The number of thioether (sulfide) groups is 1. The van der Waals surface area contributed by atoms with Gasteiger partial charge in [-0.25, -0.2) is 4.79 Å². The molecule has 0 aromatic heterocycles. The van der Waals surface area contributed by atoms with Crippen LogP contribution >= 0.6 is 11.8 Å². The van der Waals surface area contributed by atoms with E-state index in [1.54, 1.807) is 4.90 Å². The summed E-state index contributed by atoms with van der Waals surface area (Å²) in [6.45, 7) is 3.59. The zero-order valence-electron chi connectivity index (χ0n) is 23.6. The molecule has 0 saturated carbocycles. The maximum atomic E-state index is 13.5. The van der Waals surface area contributed by atoms with E-state index >= 15 is 0 Å². The van der Waals surface area contributed by atoms with E-state index in [1.165, 1.54) is 18.7 Å². The summed E-state index contributed by atoms with van der Waals surface area (Å²) in [5.41, 5.74) is 4.29. The summed E-state index contributed by atoms with van der Waals surface area (Å²) >= 11 is 1.20. The summed E-state index contributed by atoms with van der Waals surface area (Å²) in [5, 5.41) is 5.97. The number of nitrogens with one attached hydrogen (secondary N) is 2. The molecular formula is C32H40N4O3S. The standard InChI is InChI=1S/C32H40N4O3S/c1-25(37)40-23-22-36(20-18-26-10-6-4-7-11-26)32(39)34-30(31(38)33-19-21-35(2)3)24-27-14-16-29(17-15-27)28-12-8-5-9-13-28/h4-17,30H,18-24H2,1-3H3,(H,33,38)(H,34,39). The first-order valence-electron chi connectivity index (χ1n) is 13.6. The van der Waals surface area contributed by atoms with Crippen LogP contribution in [0, 0.1) is 0 Å². The minimum absolute atomic E-state index is 0.0144. The van der Waals surface area contributed by atoms with E-state index in [1.807, 2.05) is 91.8 Å². The number of nitrogens with zero attached hydrogens (tertiary/aromatic N) is 2. The maximum Gasteiger partial charge on any atom is 0.318 e. The molecule has 0 radical (unpaired) electrons. The lowest BCUT2D eigenvalue weighted by Gasteiger charge is -2.26. The van der Waals surface area contributed by atoms with Gasteiger partial charge in [-0.15, -0.1) is 0 Å². The number of amides is 3. The van der Waals surface area contributed by atoms with Crippen LogP contribution in [0.15, 0.2) is 84.9 Å². The van der Waals surface area contributed by atoms with Gasteiger partial charge in [0.1, 0.15) is 6.04 Å². The van der Waals surface area contributed by atoms with Gasteiger partial charge in [-0.05, 0) is 42.8 Å². The van der Waals surface area contributed by atoms with E-state index < -0.39 is 6.04 Å². The van der Waals surface area contributed by atoms with Crippen molar-refractivity contribution in [1.82, 2.24) is 20.4 Å². The molecule has 1 unspecified atom stereocenters. The zero-order valence-corrected chi connectivity index (χ0v) is 24.5. The molecule has 0 aliphatic rings. The minimum Gasteiger partial charge on any atom is -0.353 e. The Bertz CT molecular complexity index is 1200. The first-order valence-corrected chi connectivity index (χ1v) is 14.6. The van der Waals surface area contributed by atoms with E-state index in [9.17, 15) is 14.4 Å². The fourth-order valence-corrected chi connectivity index (χ4v) is 4.80. The van der Waals surface area contributed by atoms with Gasteiger partial charge < -0.3 is 20.4 Å². The van der Waals surface area contributed by atoms with Crippen LogP contribution in [0.4, 0.5) is 4.79 Å². The molecule has 40 heavy (non-hydrogen) atoms. The summed E-state index contributed by atoms with van der Waals surface area (Å²) in [6, 6.07) is 27.1. The predicted octanol–water partition coefficient (Wildman–Crippen LogP) is 4.48. The molecule has 212 valence electrons. The van der Waals surface area contributed by atoms with Gasteiger partial charge in [-0.1, -0.05) is 96.7 Å². The van der Waals surface area contributed by atoms with E-state index in [2.05, 4.69) is 22.8 Å². The number of benzene rings is 3. The lowest BCUT2D eigenvalue weighted by Crippen LogP contribution is -2.53. The third-order valence-corrected chi connectivity index (χ3v) is 7.23. The predicted molar refractivity (Wildman–Crippen MR) is 164 cm³/mol. The molecule has 3 amide bonds. The van der Waals surface area contributed by atoms with E-state index in [4.69, 9.17) is 0 Å². The Morgan fingerprint density at radius 3 is 2.02 bits per heavy atom. The van der Waals surface area contributed by atoms with Gasteiger partial charge in [0, 0.05) is 45.3 Å². The molecule has 2 N–H and O–H groups in total. The van der Waals surface area contributed by atoms with Gasteiger partial charge in [0.2, 0.25) is 5.91 Å². The zero-order chi connectivity index (χ0) is 28.7. The van der Waals surface area contributed by atoms with Gasteiger partial charge in [-0.2, -0.15) is 0 Å². The molecule has 3 rings (SSSR count). The third kappa shape index (κ3) is 10.9. The molecule has 0 aliphatic carbocycles. The SMILES string of the molecule is CC(=O)SCCN(CCc1ccccc1)C(=O)NC(Cc1ccc(-c2ccccc2)cc1)C(=O)NCCN(C)C. The van der Waals surface area contributed by atoms with Crippen molar-refractivity contribution in [2.24, 2.45) is 0 Å². The highest BCUT2D eigenvalue weighted by molar-refractivity contribution is 8.13. The molecule has 0 aliphatic heterocycles. The second kappa shape index (κ2) is 16.5. The van der Waals surface area contributed by atoms with Gasteiger partial charge in [-0.3, -0.25) is 9.59 Å². The number of likely N-dealkylation sites (N-methyl/N-ethyl adjacent to an activating group) is 1. The van der Waals surface area contributed by atoms with Crippen molar-refractivity contribution in [2.45, 2.75) is 25.8 Å². The topological polar surface area (TPSA) is 81.8 Å². The average molecular weight is 561 g/mol. The number of hydrogen-bond donors (Lipinski definition) is 2. The first kappa shape index (κ1) is 30.9. The molecule has 1 atom stereocenters. The molecule has 0 fully saturated rings. The summed E-state index contributed by atoms with van der Waals surface area (Å²) < 4.78 is 0. The highest BCUT2D eigenvalue weighted by Crippen LogP contribution is 2.20. The van der Waals surface area contributed by atoms with Crippen LogP contribution in [0.1, 0.15) is 18.1 Å². The normalized spacial score (nSPS) is 11.6. The Kier molecular flexibility index (Phi) is 12.7. The third-order valence-electron chi connectivity index (χ3n) is 6.44. The summed E-state index contributed by atoms with van der Waals surface area (Å²) in [6.07, 6.45) is 1.04. The molecule has 0 spiro atoms. The van der Waals surface area contributed by atoms with Crippen LogP contribution in [0.3, 0.4) is 0 Å². The Balaban J connectivity index is 1.73. The number of carbonyl (C=O) groups excluding carboxylic acids is 3. The van der Waals surface area contributed by atoms with Crippen molar-refractivity contribution < 1.29 is 14.4 Å². The second-order valence-corrected chi connectivity index (χ2v) is 11.2. The van der Waals surface area contributed by atoms with Crippen molar-refractivity contribution >= 4 is 28.8 Å². The van der Waals surface area contributed by atoms with Crippen LogP contribution in [0.2, 0.25) is 0 Å². The monoisotopic (exact) mass is 560 g/mol. The summed E-state index contributed by atoms with van der Waals surface area (Å²) in [4.78, 5) is 41.9. The van der Waals surface area contributed by atoms with Crippen molar-refractivity contribution in [3.05, 3.63) is 96.1 Å². The Labute approximate surface area is 242 Å². The van der Waals surface area contributed by atoms with Crippen molar-refractivity contribution in [3.63, 3.8) is 0 Å². The molecule has 0 saturated heterocycles. The highest BCUT2D eigenvalue weighted by Gasteiger charge is 2.24. The molecule has 7 nitrogen and oxygen atoms in total. The van der Waals surface area contributed by atoms with Gasteiger partial charge in [0.05, 0.1) is 0 Å². The van der Waals surface area contributed by atoms with Gasteiger partial charge in [0.25, 0.3) is 0 Å². The molecule has 3 aromatic rings. The smallest absolute Gasteiger partial charge is 0.318 e. The summed E-state index contributed by atoms with van der Waals surface area (Å²) in [7, 11) is 3.90. The maximum absolute atomic E-state index is 13.5. The Morgan fingerprint density at radius 2 is 1.40 bits per heavy atom. The highest BCUT2D eigenvalue weighted by atomic mass is 32.2. The number of rotatable bonds is 14. The number of hydrogen-bond acceptors (Lipinski definition) is 5. The van der Waals surface area contributed by atoms with Crippen LogP contribution in [0.25, 0.3) is 11.1 Å². The lowest BCUT2D eigenvalue weighted by molar-refractivity contribution is -0.123. The van der Waals surface area contributed by atoms with Crippen LogP contribution in [-0.2, 0) is 22.4 Å². The first-order chi connectivity index (χ1) is 19.3. The summed E-state index contributed by atoms with van der Waals surface area (Å²) in [5.74, 6) is 0.279. The lowest BCUT2D eigenvalue weighted by atomic mass is 10.0. The van der Waals surface area contributed by atoms with E-state index in [0.717, 1.165) is 22.3 Å². The van der Waals surface area contributed by atoms with E-state index in [-0.39, 0.29) is 17.1 Å². The molecule has 0 heterocycles. The van der Waals surface area contributed by atoms with Gasteiger partial charge in [0.15, 0.2) is 5.12 Å². The minimum atomic E-state index is -0.739. The quantitative estimate of drug-likeness (QED) is 0.304. The largest absolute Gasteiger partial charge is 0.353 e. The van der Waals surface area contributed by atoms with Crippen LogP contribution in [-0.4, -0.2) is 78.9 Å². The molecule has 8 heteroatoms. The van der Waals surface area contributed by atoms with Crippen molar-refractivity contribution in [3.8, 4) is 11.1 Å². The molecule has 3 aromatic carbocycles. The average Bonchev–Trinajstić information content (AvgIpc) is 2.95. The van der Waals surface area contributed by atoms with Crippen LogP contribution in [0.5, 0.6) is 0 Å². The van der Waals surface area contributed by atoms with Crippen LogP contribution < -0.4 is 10.6 Å². The number of urea groups is 1. The fraction of sp³-hybridized carbons (Fsp3) is 0.344. The van der Waals surface area contributed by atoms with E-state index in [0.29, 0.717) is 44.8 Å². The van der Waals surface area contributed by atoms with Crippen molar-refractivity contribution in [2.75, 3.05) is 46.0 Å². The number of carbonyl (C=O) groups is 3.